The minimum Gasteiger partial charge on any atom is -0.301 e. The lowest BCUT2D eigenvalue weighted by Crippen LogP contribution is -2.39. The molecule has 0 aromatic carbocycles. The molecule has 0 aliphatic carbocycles. The van der Waals surface area contributed by atoms with Crippen LogP contribution >= 0.6 is 0 Å². The van der Waals surface area contributed by atoms with Crippen LogP contribution in [0.1, 0.15) is 48.8 Å². The summed E-state index contributed by atoms with van der Waals surface area (Å²) < 4.78 is 3.61. The average Bonchev–Trinajstić information content (AvgIpc) is 3.48. The van der Waals surface area contributed by atoms with E-state index in [9.17, 15) is 4.79 Å². The van der Waals surface area contributed by atoms with Crippen LogP contribution in [-0.4, -0.2) is 64.6 Å². The van der Waals surface area contributed by atoms with Gasteiger partial charge < -0.3 is 4.90 Å². The zero-order valence-electron chi connectivity index (χ0n) is 19.2. The van der Waals surface area contributed by atoms with Crippen LogP contribution in [0.25, 0.3) is 22.3 Å². The third kappa shape index (κ3) is 4.54. The van der Waals surface area contributed by atoms with E-state index in [-0.39, 0.29) is 12.2 Å². The minimum atomic E-state index is 0.0118. The van der Waals surface area contributed by atoms with Crippen molar-refractivity contribution in [3.63, 3.8) is 0 Å². The molecule has 0 bridgehead atoms. The van der Waals surface area contributed by atoms with Crippen molar-refractivity contribution >= 4 is 16.7 Å². The molecule has 170 valence electrons. The van der Waals surface area contributed by atoms with Crippen LogP contribution in [-0.2, 0) is 13.5 Å². The summed E-state index contributed by atoms with van der Waals surface area (Å²) in [6, 6.07) is 6.66. The molecule has 0 N–H and O–H groups in total. The van der Waals surface area contributed by atoms with Crippen LogP contribution in [0.4, 0.5) is 0 Å². The summed E-state index contributed by atoms with van der Waals surface area (Å²) in [6.45, 7) is 6.60. The van der Waals surface area contributed by atoms with E-state index in [4.69, 9.17) is 4.98 Å². The molecule has 4 aromatic heterocycles. The summed E-state index contributed by atoms with van der Waals surface area (Å²) in [6.07, 6.45) is 9.48. The fourth-order valence-corrected chi connectivity index (χ4v) is 4.38. The summed E-state index contributed by atoms with van der Waals surface area (Å²) in [5, 5.41) is 13.5. The van der Waals surface area contributed by atoms with Crippen LogP contribution in [0.2, 0.25) is 0 Å². The summed E-state index contributed by atoms with van der Waals surface area (Å²) in [5.74, 6) is 0.0118. The van der Waals surface area contributed by atoms with Crippen LogP contribution in [0.5, 0.6) is 0 Å². The molecule has 0 atom stereocenters. The Morgan fingerprint density at radius 2 is 1.94 bits per heavy atom. The number of pyridine rings is 2. The second-order valence-corrected chi connectivity index (χ2v) is 9.01. The molecule has 1 aliphatic heterocycles. The number of rotatable bonds is 6. The Morgan fingerprint density at radius 1 is 1.12 bits per heavy atom. The van der Waals surface area contributed by atoms with Gasteiger partial charge in [-0.2, -0.15) is 5.10 Å². The van der Waals surface area contributed by atoms with Crippen molar-refractivity contribution in [1.29, 1.82) is 0 Å². The van der Waals surface area contributed by atoms with Crippen molar-refractivity contribution < 1.29 is 4.79 Å². The summed E-state index contributed by atoms with van der Waals surface area (Å²) in [7, 11) is 1.82. The van der Waals surface area contributed by atoms with Gasteiger partial charge in [-0.25, -0.2) is 4.98 Å². The highest BCUT2D eigenvalue weighted by atomic mass is 16.1. The van der Waals surface area contributed by atoms with Crippen LogP contribution in [0.15, 0.2) is 43.0 Å². The number of hydrogen-bond donors (Lipinski definition) is 0. The Kier molecular flexibility index (Phi) is 5.72. The number of aromatic nitrogens is 7. The van der Waals surface area contributed by atoms with Crippen LogP contribution < -0.4 is 0 Å². The highest BCUT2D eigenvalue weighted by Crippen LogP contribution is 2.24. The smallest absolute Gasteiger partial charge is 0.171 e. The lowest BCUT2D eigenvalue weighted by atomic mass is 10.0. The maximum Gasteiger partial charge on any atom is 0.171 e. The Bertz CT molecular complexity index is 1280. The Balaban J connectivity index is 1.29. The standard InChI is InChI=1S/C24H28N8O/c1-16(2)31-8-6-20(7-9-31)32-14-18(13-26-32)24(33)11-19-10-22-17(12-25-19)4-5-21(27-22)23-15-30(3)29-28-23/h4-5,10,12-16,20H,6-9,11H2,1-3H3. The van der Waals surface area contributed by atoms with Gasteiger partial charge in [-0.15, -0.1) is 5.10 Å². The molecule has 0 spiro atoms. The van der Waals surface area contributed by atoms with Crippen molar-refractivity contribution in [2.24, 2.45) is 7.05 Å². The summed E-state index contributed by atoms with van der Waals surface area (Å²) >= 11 is 0. The molecule has 4 aromatic rings. The number of ketones is 1. The molecule has 1 saturated heterocycles. The fraction of sp³-hybridized carbons (Fsp3) is 0.417. The van der Waals surface area contributed by atoms with Gasteiger partial charge in [0.1, 0.15) is 5.69 Å². The van der Waals surface area contributed by atoms with Crippen LogP contribution in [0, 0.1) is 0 Å². The van der Waals surface area contributed by atoms with Gasteiger partial charge in [-0.1, -0.05) is 5.21 Å². The second-order valence-electron chi connectivity index (χ2n) is 9.01. The number of carbonyl (C=O) groups excluding carboxylic acids is 1. The van der Waals surface area contributed by atoms with Crippen molar-refractivity contribution in [2.75, 3.05) is 13.1 Å². The number of nitrogens with zero attached hydrogens (tertiary/aromatic N) is 8. The molecule has 1 fully saturated rings. The number of Topliss-reactive ketones (excluding diaryl/α,β-unsaturated/α-hetero) is 1. The largest absolute Gasteiger partial charge is 0.301 e. The molecule has 9 heteroatoms. The van der Waals surface area contributed by atoms with E-state index >= 15 is 0 Å². The molecule has 9 nitrogen and oxygen atoms in total. The van der Waals surface area contributed by atoms with Crippen molar-refractivity contribution in [3.05, 3.63) is 54.2 Å². The van der Waals surface area contributed by atoms with Gasteiger partial charge in [0.25, 0.3) is 0 Å². The minimum absolute atomic E-state index is 0.0118. The SMILES string of the molecule is CC(C)N1CCC(n2cc(C(=O)Cc3cc4nc(-c5cn(C)nn5)ccc4cn3)cn2)CC1. The van der Waals surface area contributed by atoms with Crippen molar-refractivity contribution in [1.82, 2.24) is 39.6 Å². The topological polar surface area (TPSA) is 94.6 Å². The summed E-state index contributed by atoms with van der Waals surface area (Å²) in [4.78, 5) is 24.6. The quantitative estimate of drug-likeness (QED) is 0.422. The highest BCUT2D eigenvalue weighted by molar-refractivity contribution is 5.97. The molecule has 0 radical (unpaired) electrons. The monoisotopic (exact) mass is 444 g/mol. The zero-order chi connectivity index (χ0) is 22.9. The van der Waals surface area contributed by atoms with Gasteiger partial charge in [0.2, 0.25) is 0 Å². The number of aryl methyl sites for hydroxylation is 1. The molecule has 0 amide bonds. The van der Waals surface area contributed by atoms with Gasteiger partial charge in [-0.3, -0.25) is 19.1 Å². The second kappa shape index (κ2) is 8.82. The van der Waals surface area contributed by atoms with E-state index in [1.54, 1.807) is 17.1 Å². The Morgan fingerprint density at radius 3 is 2.67 bits per heavy atom. The number of fused-ring (bicyclic) bond motifs is 1. The fourth-order valence-electron chi connectivity index (χ4n) is 4.38. The molecule has 33 heavy (non-hydrogen) atoms. The highest BCUT2D eigenvalue weighted by Gasteiger charge is 2.23. The molecule has 5 heterocycles. The number of hydrogen-bond acceptors (Lipinski definition) is 7. The predicted molar refractivity (Wildman–Crippen MR) is 125 cm³/mol. The predicted octanol–water partition coefficient (Wildman–Crippen LogP) is 3.09. The molecular weight excluding hydrogens is 416 g/mol. The third-order valence-electron chi connectivity index (χ3n) is 6.36. The first-order chi connectivity index (χ1) is 16.0. The van der Waals surface area contributed by atoms with Crippen LogP contribution in [0.3, 0.4) is 0 Å². The Labute approximate surface area is 192 Å². The van der Waals surface area contributed by atoms with Gasteiger partial charge in [-0.05, 0) is 44.9 Å². The normalized spacial score (nSPS) is 15.5. The first-order valence-corrected chi connectivity index (χ1v) is 11.4. The van der Waals surface area contributed by atoms with Crippen molar-refractivity contribution in [2.45, 2.75) is 45.2 Å². The van der Waals surface area contributed by atoms with Gasteiger partial charge in [0, 0.05) is 44.0 Å². The summed E-state index contributed by atoms with van der Waals surface area (Å²) in [5.41, 5.74) is 3.55. The van der Waals surface area contributed by atoms with E-state index in [2.05, 4.69) is 39.1 Å². The van der Waals surface area contributed by atoms with E-state index in [1.807, 2.05) is 42.3 Å². The average molecular weight is 445 g/mol. The molecule has 0 saturated carbocycles. The zero-order valence-corrected chi connectivity index (χ0v) is 19.2. The maximum absolute atomic E-state index is 12.9. The molecular formula is C24H28N8O. The van der Waals surface area contributed by atoms with E-state index in [0.29, 0.717) is 29.0 Å². The molecule has 1 aliphatic rings. The molecule has 0 unspecified atom stereocenters. The van der Waals surface area contributed by atoms with Gasteiger partial charge in [0.05, 0.1) is 47.3 Å². The van der Waals surface area contributed by atoms with E-state index in [1.165, 1.54) is 0 Å². The van der Waals surface area contributed by atoms with Gasteiger partial charge >= 0.3 is 0 Å². The Hall–Kier alpha value is -3.46. The van der Waals surface area contributed by atoms with E-state index in [0.717, 1.165) is 42.5 Å². The number of likely N-dealkylation sites (tertiary alicyclic amines) is 1. The maximum atomic E-state index is 12.9. The molecule has 5 rings (SSSR count). The lowest BCUT2D eigenvalue weighted by Gasteiger charge is -2.34. The first kappa shape index (κ1) is 21.4. The number of piperidine rings is 1. The number of carbonyl (C=O) groups is 1. The lowest BCUT2D eigenvalue weighted by molar-refractivity contribution is 0.0991. The van der Waals surface area contributed by atoms with Crippen molar-refractivity contribution in [3.8, 4) is 11.4 Å². The first-order valence-electron chi connectivity index (χ1n) is 11.4. The third-order valence-corrected chi connectivity index (χ3v) is 6.36. The van der Waals surface area contributed by atoms with Gasteiger partial charge in [0.15, 0.2) is 5.78 Å². The van der Waals surface area contributed by atoms with E-state index < -0.39 is 0 Å².